The monoisotopic (exact) mass is 721 g/mol. The molecule has 0 fully saturated rings. The van der Waals surface area contributed by atoms with Crippen molar-refractivity contribution in [3.05, 3.63) is 112 Å². The molecule has 7 rings (SSSR count). The molecule has 0 aliphatic heterocycles. The SMILES string of the molecule is Cc1c[c-]c(-c2cc(C)c(C)cn2)cc1.[2H]C([2H])([2H])c1ccc2c(n1)oc1c(-c3ccc4cc(C)sc4n3)[c-]ccc12.[Ir]. The number of aromatic nitrogens is 3. The summed E-state index contributed by atoms with van der Waals surface area (Å²) in [7, 11) is 0. The number of rotatable bonds is 2. The Bertz CT molecular complexity index is 2080. The summed E-state index contributed by atoms with van der Waals surface area (Å²) in [6.45, 7) is 6.03. The molecule has 0 unspecified atom stereocenters. The quantitative estimate of drug-likeness (QED) is 0.167. The standard InChI is InChI=1S/C20H13N2OS.C14H14N.Ir/c1-11-6-8-15-14-4-3-5-16(18(14)23-19(15)21-11)17-9-7-13-10-12(2)24-20(13)22-17;1-10-4-6-13(7-5-10)14-8-11(2)12(3)9-15-14;/h3-4,6-10H,1-2H3;4-6,8-9H,1-3H3;/q2*-1;/i1D3;;. The first-order valence-corrected chi connectivity index (χ1v) is 13.4. The molecule has 40 heavy (non-hydrogen) atoms. The van der Waals surface area contributed by atoms with Crippen molar-refractivity contribution in [1.29, 1.82) is 0 Å². The van der Waals surface area contributed by atoms with Gasteiger partial charge in [0.25, 0.3) is 0 Å². The smallest absolute Gasteiger partial charge is 0.216 e. The van der Waals surface area contributed by atoms with E-state index in [0.29, 0.717) is 11.3 Å². The van der Waals surface area contributed by atoms with E-state index in [-0.39, 0.29) is 25.8 Å². The summed E-state index contributed by atoms with van der Waals surface area (Å²) in [4.78, 5) is 15.6. The first-order chi connectivity index (χ1) is 20.1. The Morgan fingerprint density at radius 1 is 0.850 bits per heavy atom. The van der Waals surface area contributed by atoms with E-state index in [0.717, 1.165) is 43.5 Å². The first-order valence-electron chi connectivity index (χ1n) is 14.1. The van der Waals surface area contributed by atoms with E-state index in [9.17, 15) is 0 Å². The number of pyridine rings is 3. The van der Waals surface area contributed by atoms with Gasteiger partial charge < -0.3 is 9.40 Å². The molecule has 0 spiro atoms. The zero-order chi connectivity index (χ0) is 29.6. The zero-order valence-corrected chi connectivity index (χ0v) is 25.6. The van der Waals surface area contributed by atoms with Crippen molar-refractivity contribution in [3.63, 3.8) is 0 Å². The van der Waals surface area contributed by atoms with Gasteiger partial charge in [-0.05, 0) is 62.8 Å². The van der Waals surface area contributed by atoms with Crippen LogP contribution in [-0.2, 0) is 20.1 Å². The number of hydrogen-bond donors (Lipinski definition) is 0. The van der Waals surface area contributed by atoms with E-state index >= 15 is 0 Å². The Morgan fingerprint density at radius 3 is 2.50 bits per heavy atom. The Labute approximate surface area is 255 Å². The number of nitrogens with zero attached hydrogens (tertiary/aromatic N) is 3. The van der Waals surface area contributed by atoms with Crippen LogP contribution in [0.1, 0.15) is 31.4 Å². The number of fused-ring (bicyclic) bond motifs is 4. The van der Waals surface area contributed by atoms with Crippen LogP contribution in [-0.4, -0.2) is 15.0 Å². The molecule has 4 nitrogen and oxygen atoms in total. The minimum absolute atomic E-state index is 0. The zero-order valence-electron chi connectivity index (χ0n) is 25.4. The summed E-state index contributed by atoms with van der Waals surface area (Å²) in [5.74, 6) is 0. The van der Waals surface area contributed by atoms with E-state index in [2.05, 4.69) is 74.1 Å². The summed E-state index contributed by atoms with van der Waals surface area (Å²) in [5.41, 5.74) is 8.24. The molecule has 5 heterocycles. The van der Waals surface area contributed by atoms with Crippen molar-refractivity contribution < 1.29 is 28.6 Å². The van der Waals surface area contributed by atoms with Crippen LogP contribution < -0.4 is 0 Å². The Kier molecular flexibility index (Phi) is 6.89. The minimum atomic E-state index is -2.27. The van der Waals surface area contributed by atoms with E-state index in [4.69, 9.17) is 13.5 Å². The Hall–Kier alpha value is -3.70. The second-order valence-corrected chi connectivity index (χ2v) is 10.9. The molecule has 7 aromatic rings. The van der Waals surface area contributed by atoms with Crippen molar-refractivity contribution in [2.75, 3.05) is 0 Å². The third kappa shape index (κ3) is 5.48. The second kappa shape index (κ2) is 11.4. The summed E-state index contributed by atoms with van der Waals surface area (Å²) in [6, 6.07) is 27.8. The number of benzene rings is 2. The van der Waals surface area contributed by atoms with E-state index < -0.39 is 6.85 Å². The molecule has 0 aliphatic rings. The molecule has 0 saturated heterocycles. The van der Waals surface area contributed by atoms with Crippen molar-refractivity contribution in [3.8, 4) is 22.5 Å². The fourth-order valence-electron chi connectivity index (χ4n) is 4.43. The van der Waals surface area contributed by atoms with Gasteiger partial charge in [0, 0.05) is 51.8 Å². The van der Waals surface area contributed by atoms with Gasteiger partial charge >= 0.3 is 0 Å². The third-order valence-corrected chi connectivity index (χ3v) is 7.64. The Balaban J connectivity index is 0.000000197. The third-order valence-electron chi connectivity index (χ3n) is 6.68. The van der Waals surface area contributed by atoms with Gasteiger partial charge in [-0.1, -0.05) is 41.6 Å². The molecule has 0 atom stereocenters. The molecule has 2 aromatic carbocycles. The summed E-state index contributed by atoms with van der Waals surface area (Å²) < 4.78 is 28.6. The minimum Gasteiger partial charge on any atom is -0.486 e. The second-order valence-electron chi connectivity index (χ2n) is 9.63. The normalized spacial score (nSPS) is 12.3. The van der Waals surface area contributed by atoms with Gasteiger partial charge in [0.15, 0.2) is 0 Å². The molecule has 0 N–H and O–H groups in total. The number of furan rings is 1. The van der Waals surface area contributed by atoms with Crippen molar-refractivity contribution in [2.45, 2.75) is 34.5 Å². The van der Waals surface area contributed by atoms with E-state index in [1.807, 2.05) is 36.5 Å². The molecule has 0 saturated carbocycles. The topological polar surface area (TPSA) is 51.8 Å². The molecule has 0 bridgehead atoms. The van der Waals surface area contributed by atoms with Gasteiger partial charge in [-0.2, -0.15) is 0 Å². The van der Waals surface area contributed by atoms with Gasteiger partial charge in [-0.25, -0.2) is 4.98 Å². The van der Waals surface area contributed by atoms with Gasteiger partial charge in [0.2, 0.25) is 5.71 Å². The molecular weight excluding hydrogens is 691 g/mol. The number of aryl methyl sites for hydroxylation is 5. The predicted molar refractivity (Wildman–Crippen MR) is 161 cm³/mol. The largest absolute Gasteiger partial charge is 0.486 e. The molecule has 201 valence electrons. The molecule has 0 amide bonds. The summed E-state index contributed by atoms with van der Waals surface area (Å²) in [6.07, 6.45) is 1.92. The van der Waals surface area contributed by atoms with Crippen LogP contribution in [0.4, 0.5) is 0 Å². The first kappa shape index (κ1) is 24.1. The fraction of sp³-hybridized carbons (Fsp3) is 0.147. The van der Waals surface area contributed by atoms with E-state index in [1.54, 1.807) is 17.4 Å². The maximum atomic E-state index is 7.55. The average Bonchev–Trinajstić information content (AvgIpc) is 3.53. The molecule has 0 aliphatic carbocycles. The van der Waals surface area contributed by atoms with Gasteiger partial charge in [0.05, 0.1) is 5.58 Å². The van der Waals surface area contributed by atoms with Crippen LogP contribution in [0.25, 0.3) is 54.8 Å². The van der Waals surface area contributed by atoms with Crippen LogP contribution in [0, 0.1) is 46.7 Å². The molecular formula is C34H27IrN3OS-2. The van der Waals surface area contributed by atoms with Crippen LogP contribution in [0.3, 0.4) is 0 Å². The van der Waals surface area contributed by atoms with Gasteiger partial charge in [-0.15, -0.1) is 64.9 Å². The average molecular weight is 721 g/mol. The van der Waals surface area contributed by atoms with Crippen molar-refractivity contribution in [2.24, 2.45) is 0 Å². The molecule has 1 radical (unpaired) electrons. The van der Waals surface area contributed by atoms with Crippen molar-refractivity contribution >= 4 is 43.6 Å². The summed E-state index contributed by atoms with van der Waals surface area (Å²) in [5, 5.41) is 2.76. The van der Waals surface area contributed by atoms with E-state index in [1.165, 1.54) is 27.6 Å². The van der Waals surface area contributed by atoms with Gasteiger partial charge in [-0.3, -0.25) is 4.98 Å². The van der Waals surface area contributed by atoms with Crippen molar-refractivity contribution in [1.82, 2.24) is 15.0 Å². The molecule has 5 aromatic heterocycles. The maximum Gasteiger partial charge on any atom is 0.216 e. The fourth-order valence-corrected chi connectivity index (χ4v) is 5.31. The van der Waals surface area contributed by atoms with Crippen LogP contribution >= 0.6 is 11.3 Å². The number of thiophene rings is 1. The van der Waals surface area contributed by atoms with Crippen LogP contribution in [0.15, 0.2) is 77.3 Å². The van der Waals surface area contributed by atoms with Gasteiger partial charge in [0.1, 0.15) is 4.83 Å². The predicted octanol–water partition coefficient (Wildman–Crippen LogP) is 9.15. The molecule has 6 heteroatoms. The Morgan fingerprint density at radius 2 is 1.73 bits per heavy atom. The van der Waals surface area contributed by atoms with Crippen LogP contribution in [0.5, 0.6) is 0 Å². The summed E-state index contributed by atoms with van der Waals surface area (Å²) >= 11 is 1.65. The van der Waals surface area contributed by atoms with Crippen LogP contribution in [0.2, 0.25) is 0 Å². The maximum absolute atomic E-state index is 7.55. The number of hydrogen-bond acceptors (Lipinski definition) is 5.